The van der Waals surface area contributed by atoms with Crippen molar-refractivity contribution in [2.75, 3.05) is 0 Å². The van der Waals surface area contributed by atoms with Gasteiger partial charge in [-0.25, -0.2) is 0 Å². The van der Waals surface area contributed by atoms with E-state index in [1.807, 2.05) is 12.2 Å². The van der Waals surface area contributed by atoms with E-state index in [4.69, 9.17) is 0 Å². The second-order valence-electron chi connectivity index (χ2n) is 5.84. The topological polar surface area (TPSA) is 0 Å². The van der Waals surface area contributed by atoms with Gasteiger partial charge in [-0.1, -0.05) is 87.1 Å². The number of allylic oxidation sites excluding steroid dienone is 11. The second-order valence-corrected chi connectivity index (χ2v) is 5.84. The van der Waals surface area contributed by atoms with Crippen molar-refractivity contribution in [2.45, 2.75) is 46.0 Å². The molecule has 0 atom stereocenters. The molecule has 21 heavy (non-hydrogen) atoms. The zero-order valence-corrected chi connectivity index (χ0v) is 13.7. The Balaban J connectivity index is 2.49. The van der Waals surface area contributed by atoms with Gasteiger partial charge in [-0.05, 0) is 43.6 Å². The third-order valence-electron chi connectivity index (χ3n) is 4.04. The lowest BCUT2D eigenvalue weighted by atomic mass is 9.79. The monoisotopic (exact) mass is 282 g/mol. The van der Waals surface area contributed by atoms with E-state index in [2.05, 4.69) is 63.0 Å². The molecule has 0 saturated heterocycles. The summed E-state index contributed by atoms with van der Waals surface area (Å²) in [5.74, 6) is 1.67. The van der Waals surface area contributed by atoms with Crippen molar-refractivity contribution < 1.29 is 0 Å². The van der Waals surface area contributed by atoms with Crippen LogP contribution >= 0.6 is 0 Å². The van der Waals surface area contributed by atoms with Crippen LogP contribution in [0.4, 0.5) is 0 Å². The summed E-state index contributed by atoms with van der Waals surface area (Å²) in [4.78, 5) is 0. The Morgan fingerprint density at radius 2 is 1.71 bits per heavy atom. The smallest absolute Gasteiger partial charge is 0.0162 e. The van der Waals surface area contributed by atoms with Gasteiger partial charge in [-0.15, -0.1) is 0 Å². The first-order chi connectivity index (χ1) is 10.3. The fraction of sp³-hybridized carbons (Fsp3) is 0.429. The minimum absolute atomic E-state index is 0.758. The van der Waals surface area contributed by atoms with Gasteiger partial charge in [0.2, 0.25) is 0 Å². The fourth-order valence-electron chi connectivity index (χ4n) is 2.75. The first kappa shape index (κ1) is 17.5. The molecule has 0 bridgehead atoms. The maximum atomic E-state index is 3.64. The molecule has 1 fully saturated rings. The highest BCUT2D eigenvalue weighted by atomic mass is 14.2. The molecule has 0 amide bonds. The van der Waals surface area contributed by atoms with E-state index in [9.17, 15) is 0 Å². The van der Waals surface area contributed by atoms with E-state index in [0.29, 0.717) is 0 Å². The van der Waals surface area contributed by atoms with Crippen molar-refractivity contribution in [3.8, 4) is 0 Å². The summed E-state index contributed by atoms with van der Waals surface area (Å²) >= 11 is 0. The Hall–Kier alpha value is -1.56. The van der Waals surface area contributed by atoms with Gasteiger partial charge in [0.25, 0.3) is 0 Å². The maximum absolute atomic E-state index is 3.64. The third kappa shape index (κ3) is 7.70. The van der Waals surface area contributed by atoms with Crippen LogP contribution in [0.2, 0.25) is 0 Å². The van der Waals surface area contributed by atoms with E-state index >= 15 is 0 Å². The average Bonchev–Trinajstić information content (AvgIpc) is 2.50. The van der Waals surface area contributed by atoms with Crippen molar-refractivity contribution in [3.63, 3.8) is 0 Å². The first-order valence-corrected chi connectivity index (χ1v) is 8.21. The summed E-state index contributed by atoms with van der Waals surface area (Å²) in [6.07, 6.45) is 27.5. The third-order valence-corrected chi connectivity index (χ3v) is 4.04. The van der Waals surface area contributed by atoms with Crippen LogP contribution in [0.3, 0.4) is 0 Å². The first-order valence-electron chi connectivity index (χ1n) is 8.21. The molecule has 1 rings (SSSR count). The van der Waals surface area contributed by atoms with Gasteiger partial charge in [-0.2, -0.15) is 0 Å². The van der Waals surface area contributed by atoms with Crippen LogP contribution in [0.1, 0.15) is 46.0 Å². The standard InChI is InChI=1S/C21H30/c1-4-6-7-8-9-10-11-12-14-20(13-5-2)21-17-15-19(3)16-18-21/h4-9,11-14,19,21H,1,10,15-18H2,2-3H3/b7-6-,9-8-,12-11+,13-5-,20-14+. The molecule has 0 heteroatoms. The molecular formula is C21H30. The van der Waals surface area contributed by atoms with Gasteiger partial charge >= 0.3 is 0 Å². The Kier molecular flexibility index (Phi) is 9.28. The lowest BCUT2D eigenvalue weighted by molar-refractivity contribution is 0.323. The van der Waals surface area contributed by atoms with E-state index in [1.54, 1.807) is 6.08 Å². The highest BCUT2D eigenvalue weighted by Gasteiger charge is 2.19. The minimum atomic E-state index is 0.758. The van der Waals surface area contributed by atoms with Crippen LogP contribution in [-0.4, -0.2) is 0 Å². The van der Waals surface area contributed by atoms with Crippen LogP contribution in [-0.2, 0) is 0 Å². The fourth-order valence-corrected chi connectivity index (χ4v) is 2.75. The van der Waals surface area contributed by atoms with Crippen molar-refractivity contribution in [1.29, 1.82) is 0 Å². The molecule has 0 aliphatic heterocycles. The lowest BCUT2D eigenvalue weighted by Gasteiger charge is -2.27. The molecular weight excluding hydrogens is 252 g/mol. The van der Waals surface area contributed by atoms with Gasteiger partial charge in [0.1, 0.15) is 0 Å². The van der Waals surface area contributed by atoms with Gasteiger partial charge in [0.15, 0.2) is 0 Å². The van der Waals surface area contributed by atoms with Crippen molar-refractivity contribution in [2.24, 2.45) is 11.8 Å². The van der Waals surface area contributed by atoms with Crippen molar-refractivity contribution in [1.82, 2.24) is 0 Å². The zero-order chi connectivity index (χ0) is 15.3. The van der Waals surface area contributed by atoms with Crippen LogP contribution in [0.5, 0.6) is 0 Å². The zero-order valence-electron chi connectivity index (χ0n) is 13.7. The van der Waals surface area contributed by atoms with Gasteiger partial charge in [0, 0.05) is 0 Å². The molecule has 1 aliphatic rings. The van der Waals surface area contributed by atoms with Gasteiger partial charge in [0.05, 0.1) is 0 Å². The largest absolute Gasteiger partial charge is 0.0991 e. The highest BCUT2D eigenvalue weighted by molar-refractivity contribution is 5.26. The molecule has 0 N–H and O–H groups in total. The molecule has 1 saturated carbocycles. The maximum Gasteiger partial charge on any atom is -0.0162 e. The molecule has 114 valence electrons. The van der Waals surface area contributed by atoms with Crippen LogP contribution in [0.25, 0.3) is 0 Å². The second kappa shape index (κ2) is 11.1. The molecule has 0 aromatic heterocycles. The Morgan fingerprint density at radius 1 is 1.00 bits per heavy atom. The number of hydrogen-bond donors (Lipinski definition) is 0. The summed E-state index contributed by atoms with van der Waals surface area (Å²) in [6, 6.07) is 0. The highest BCUT2D eigenvalue weighted by Crippen LogP contribution is 2.33. The Bertz CT molecular complexity index is 421. The lowest BCUT2D eigenvalue weighted by Crippen LogP contribution is -2.13. The van der Waals surface area contributed by atoms with E-state index in [0.717, 1.165) is 18.3 Å². The van der Waals surface area contributed by atoms with Crippen LogP contribution in [0, 0.1) is 11.8 Å². The molecule has 0 spiro atoms. The van der Waals surface area contributed by atoms with E-state index in [1.165, 1.54) is 31.3 Å². The van der Waals surface area contributed by atoms with E-state index in [-0.39, 0.29) is 0 Å². The molecule has 0 aromatic carbocycles. The summed E-state index contributed by atoms with van der Waals surface area (Å²) < 4.78 is 0. The summed E-state index contributed by atoms with van der Waals surface area (Å²) in [5.41, 5.74) is 1.50. The van der Waals surface area contributed by atoms with E-state index < -0.39 is 0 Å². The predicted molar refractivity (Wildman–Crippen MR) is 96.3 cm³/mol. The Labute approximate surface area is 131 Å². The molecule has 0 aromatic rings. The van der Waals surface area contributed by atoms with Gasteiger partial charge < -0.3 is 0 Å². The molecule has 0 nitrogen and oxygen atoms in total. The predicted octanol–water partition coefficient (Wildman–Crippen LogP) is 6.56. The van der Waals surface area contributed by atoms with Crippen molar-refractivity contribution >= 4 is 0 Å². The number of rotatable bonds is 7. The summed E-state index contributed by atoms with van der Waals surface area (Å²) in [6.45, 7) is 8.13. The number of hydrogen-bond acceptors (Lipinski definition) is 0. The molecule has 0 unspecified atom stereocenters. The average molecular weight is 282 g/mol. The Morgan fingerprint density at radius 3 is 2.38 bits per heavy atom. The SMILES string of the molecule is C=C/C=C\C=C/C/C=C/C=C(\C=C/C)C1CCC(C)CC1. The molecule has 1 aliphatic carbocycles. The van der Waals surface area contributed by atoms with Crippen LogP contribution in [0.15, 0.2) is 72.9 Å². The molecule has 0 radical (unpaired) electrons. The van der Waals surface area contributed by atoms with Crippen LogP contribution < -0.4 is 0 Å². The molecule has 0 heterocycles. The quantitative estimate of drug-likeness (QED) is 0.464. The summed E-state index contributed by atoms with van der Waals surface area (Å²) in [7, 11) is 0. The van der Waals surface area contributed by atoms with Crippen molar-refractivity contribution in [3.05, 3.63) is 72.9 Å². The summed E-state index contributed by atoms with van der Waals surface area (Å²) in [5, 5.41) is 0. The minimum Gasteiger partial charge on any atom is -0.0991 e. The van der Waals surface area contributed by atoms with Gasteiger partial charge in [-0.3, -0.25) is 0 Å². The normalized spacial score (nSPS) is 24.8.